The van der Waals surface area contributed by atoms with E-state index in [0.717, 1.165) is 25.0 Å². The maximum atomic E-state index is 13.1. The number of aliphatic hydroxyl groups excluding tert-OH is 2. The van der Waals surface area contributed by atoms with Crippen LogP contribution in [0.1, 0.15) is 80.1 Å². The van der Waals surface area contributed by atoms with Gasteiger partial charge in [-0.15, -0.1) is 0 Å². The molecule has 3 heterocycles. The molecule has 10 nitrogen and oxygen atoms in total. The second-order valence-corrected chi connectivity index (χ2v) is 13.3. The highest BCUT2D eigenvalue weighted by Crippen LogP contribution is 2.36. The minimum atomic E-state index is -1.45. The SMILES string of the molecule is CCC(O)C(C)C1OC1CC(C)/C=C/C=C(\C)C1OC(=O)CC(O)CCC(C)(O)C(OC(=O)N2CCCNCC2)/C=C/C1C. The fraction of sp³-hybridized carbons (Fsp3) is 0.765. The highest BCUT2D eigenvalue weighted by atomic mass is 16.6. The van der Waals surface area contributed by atoms with Gasteiger partial charge in [0.15, 0.2) is 6.10 Å². The Bertz CT molecular complexity index is 1020. The minimum Gasteiger partial charge on any atom is -0.457 e. The largest absolute Gasteiger partial charge is 0.457 e. The number of amides is 1. The number of allylic oxidation sites excluding steroid dienone is 3. The Morgan fingerprint density at radius 1 is 1.27 bits per heavy atom. The second kappa shape index (κ2) is 16.9. The van der Waals surface area contributed by atoms with Crippen molar-refractivity contribution in [3.05, 3.63) is 36.0 Å². The first-order valence-corrected chi connectivity index (χ1v) is 16.4. The van der Waals surface area contributed by atoms with Gasteiger partial charge >= 0.3 is 12.1 Å². The third kappa shape index (κ3) is 11.0. The molecule has 0 saturated carbocycles. The summed E-state index contributed by atoms with van der Waals surface area (Å²) in [5, 5.41) is 35.3. The van der Waals surface area contributed by atoms with Crippen LogP contribution in [0.4, 0.5) is 4.79 Å². The monoisotopic (exact) mass is 620 g/mol. The molecule has 0 aromatic rings. The third-order valence-electron chi connectivity index (χ3n) is 9.17. The maximum absolute atomic E-state index is 13.1. The van der Waals surface area contributed by atoms with Gasteiger partial charge in [-0.05, 0) is 70.1 Å². The molecule has 0 bridgehead atoms. The molecule has 3 aliphatic heterocycles. The first-order valence-electron chi connectivity index (χ1n) is 16.4. The number of carbonyl (C=O) groups excluding carboxylic acids is 2. The van der Waals surface area contributed by atoms with E-state index < -0.39 is 36.0 Å². The van der Waals surface area contributed by atoms with E-state index in [1.807, 2.05) is 45.9 Å². The van der Waals surface area contributed by atoms with E-state index >= 15 is 0 Å². The van der Waals surface area contributed by atoms with Gasteiger partial charge in [-0.2, -0.15) is 0 Å². The van der Waals surface area contributed by atoms with Crippen LogP contribution in [-0.4, -0.2) is 101 Å². The number of esters is 1. The van der Waals surface area contributed by atoms with Crippen molar-refractivity contribution in [2.24, 2.45) is 17.8 Å². The van der Waals surface area contributed by atoms with Crippen LogP contribution < -0.4 is 5.32 Å². The summed E-state index contributed by atoms with van der Waals surface area (Å²) < 4.78 is 17.6. The van der Waals surface area contributed by atoms with E-state index in [9.17, 15) is 24.9 Å². The van der Waals surface area contributed by atoms with Crippen molar-refractivity contribution in [2.75, 3.05) is 26.2 Å². The summed E-state index contributed by atoms with van der Waals surface area (Å²) in [4.78, 5) is 27.5. The van der Waals surface area contributed by atoms with Gasteiger partial charge in [0.1, 0.15) is 11.7 Å². The van der Waals surface area contributed by atoms with Gasteiger partial charge in [0.05, 0.1) is 30.8 Å². The van der Waals surface area contributed by atoms with Crippen molar-refractivity contribution in [1.29, 1.82) is 0 Å². The van der Waals surface area contributed by atoms with Gasteiger partial charge in [0, 0.05) is 31.5 Å². The lowest BCUT2D eigenvalue weighted by Gasteiger charge is -2.34. The number of hydrogen-bond donors (Lipinski definition) is 4. The lowest BCUT2D eigenvalue weighted by Crippen LogP contribution is -2.45. The van der Waals surface area contributed by atoms with Crippen LogP contribution in [0.25, 0.3) is 0 Å². The first kappa shape index (κ1) is 36.2. The molecule has 1 amide bonds. The quantitative estimate of drug-likeness (QED) is 0.131. The van der Waals surface area contributed by atoms with Crippen molar-refractivity contribution >= 4 is 12.1 Å². The second-order valence-electron chi connectivity index (χ2n) is 13.3. The molecule has 0 aromatic carbocycles. The van der Waals surface area contributed by atoms with E-state index in [0.29, 0.717) is 26.1 Å². The molecular formula is C34H56N2O8. The minimum absolute atomic E-state index is 0.0990. The van der Waals surface area contributed by atoms with Crippen molar-refractivity contribution < 1.29 is 39.1 Å². The van der Waals surface area contributed by atoms with Crippen LogP contribution in [0.5, 0.6) is 0 Å². The smallest absolute Gasteiger partial charge is 0.410 e. The molecule has 10 unspecified atom stereocenters. The number of cyclic esters (lactones) is 1. The number of hydrogen-bond acceptors (Lipinski definition) is 9. The molecule has 2 saturated heterocycles. The Balaban J connectivity index is 1.71. The first-order chi connectivity index (χ1) is 20.8. The average molecular weight is 621 g/mol. The van der Waals surface area contributed by atoms with Gasteiger partial charge in [-0.25, -0.2) is 4.79 Å². The van der Waals surface area contributed by atoms with Gasteiger partial charge in [-0.1, -0.05) is 52.0 Å². The zero-order valence-corrected chi connectivity index (χ0v) is 27.5. The standard InChI is InChI=1S/C34H56N2O8/c1-7-27(38)25(5)32-28(42-32)20-22(2)10-8-11-23(3)31-24(4)12-13-29(43-33(40)36-18-9-16-35-17-19-36)34(6,41)15-14-26(37)21-30(39)44-31/h8,10-13,22,24-29,31-32,35,37-38,41H,7,9,14-21H2,1-6H3/b10-8+,13-12+,23-11+. The fourth-order valence-corrected chi connectivity index (χ4v) is 6.00. The van der Waals surface area contributed by atoms with Crippen molar-refractivity contribution in [1.82, 2.24) is 10.2 Å². The highest BCUT2D eigenvalue weighted by Gasteiger charge is 2.45. The lowest BCUT2D eigenvalue weighted by molar-refractivity contribution is -0.151. The van der Waals surface area contributed by atoms with Crippen molar-refractivity contribution in [3.8, 4) is 0 Å². The topological polar surface area (TPSA) is 141 Å². The summed E-state index contributed by atoms with van der Waals surface area (Å²) in [5.74, 6) is -0.440. The Kier molecular flexibility index (Phi) is 13.9. The van der Waals surface area contributed by atoms with Crippen molar-refractivity contribution in [2.45, 2.75) is 122 Å². The number of rotatable bonds is 9. The predicted molar refractivity (Wildman–Crippen MR) is 169 cm³/mol. The molecule has 0 spiro atoms. The number of nitrogens with zero attached hydrogens (tertiary/aromatic N) is 1. The molecule has 2 fully saturated rings. The highest BCUT2D eigenvalue weighted by molar-refractivity contribution is 5.70. The molecule has 3 aliphatic rings. The van der Waals surface area contributed by atoms with Crippen LogP contribution in [0, 0.1) is 17.8 Å². The molecular weight excluding hydrogens is 564 g/mol. The molecule has 44 heavy (non-hydrogen) atoms. The number of ether oxygens (including phenoxy) is 3. The van der Waals surface area contributed by atoms with Gasteiger partial charge in [0.25, 0.3) is 0 Å². The summed E-state index contributed by atoms with van der Waals surface area (Å²) in [5.41, 5.74) is -0.626. The molecule has 0 aromatic heterocycles. The number of nitrogens with one attached hydrogen (secondary N) is 1. The summed E-state index contributed by atoms with van der Waals surface area (Å²) in [6.45, 7) is 14.1. The average Bonchev–Trinajstić information content (AvgIpc) is 3.78. The third-order valence-corrected chi connectivity index (χ3v) is 9.17. The van der Waals surface area contributed by atoms with E-state index in [-0.39, 0.29) is 55.3 Å². The summed E-state index contributed by atoms with van der Waals surface area (Å²) in [7, 11) is 0. The van der Waals surface area contributed by atoms with Crippen LogP contribution in [0.2, 0.25) is 0 Å². The zero-order chi connectivity index (χ0) is 32.4. The maximum Gasteiger partial charge on any atom is 0.410 e. The molecule has 0 radical (unpaired) electrons. The van der Waals surface area contributed by atoms with E-state index in [1.165, 1.54) is 0 Å². The van der Waals surface area contributed by atoms with Crippen LogP contribution in [0.15, 0.2) is 36.0 Å². The van der Waals surface area contributed by atoms with Gasteiger partial charge in [0.2, 0.25) is 0 Å². The molecule has 3 rings (SSSR count). The Hall–Kier alpha value is -2.24. The molecule has 250 valence electrons. The lowest BCUT2D eigenvalue weighted by atomic mass is 9.88. The number of epoxide rings is 1. The van der Waals surface area contributed by atoms with Crippen LogP contribution in [-0.2, 0) is 19.0 Å². The van der Waals surface area contributed by atoms with Crippen LogP contribution >= 0.6 is 0 Å². The number of carbonyl (C=O) groups is 2. The Morgan fingerprint density at radius 3 is 2.75 bits per heavy atom. The van der Waals surface area contributed by atoms with E-state index in [1.54, 1.807) is 17.9 Å². The Labute approximate surface area is 263 Å². The molecule has 10 heteroatoms. The predicted octanol–water partition coefficient (Wildman–Crippen LogP) is 3.89. The zero-order valence-electron chi connectivity index (χ0n) is 27.5. The number of aliphatic hydroxyl groups is 3. The van der Waals surface area contributed by atoms with E-state index in [2.05, 4.69) is 18.3 Å². The molecule has 10 atom stereocenters. The normalized spacial score (nSPS) is 35.4. The van der Waals surface area contributed by atoms with Crippen molar-refractivity contribution in [3.63, 3.8) is 0 Å². The fourth-order valence-electron chi connectivity index (χ4n) is 6.00. The Morgan fingerprint density at radius 2 is 2.02 bits per heavy atom. The summed E-state index contributed by atoms with van der Waals surface area (Å²) in [6.07, 6.45) is 8.82. The van der Waals surface area contributed by atoms with Gasteiger partial charge in [-0.3, -0.25) is 4.79 Å². The molecule has 0 aliphatic carbocycles. The summed E-state index contributed by atoms with van der Waals surface area (Å²) in [6, 6.07) is 0. The van der Waals surface area contributed by atoms with Crippen LogP contribution in [0.3, 0.4) is 0 Å². The van der Waals surface area contributed by atoms with E-state index in [4.69, 9.17) is 14.2 Å². The molecule has 4 N–H and O–H groups in total. The summed E-state index contributed by atoms with van der Waals surface area (Å²) >= 11 is 0. The van der Waals surface area contributed by atoms with Gasteiger partial charge < -0.3 is 39.7 Å².